The summed E-state index contributed by atoms with van der Waals surface area (Å²) in [5.41, 5.74) is 3.26. The number of carbonyl (C=O) groups is 1. The fraction of sp³-hybridized carbons (Fsp3) is 0.208. The summed E-state index contributed by atoms with van der Waals surface area (Å²) in [6.45, 7) is 3.36. The molecule has 6 nitrogen and oxygen atoms in total. The van der Waals surface area contributed by atoms with E-state index in [9.17, 15) is 14.9 Å². The molecule has 0 radical (unpaired) electrons. The molecule has 160 valence electrons. The molecule has 0 aliphatic carbocycles. The van der Waals surface area contributed by atoms with Gasteiger partial charge in [0.25, 0.3) is 5.69 Å². The number of amides is 1. The molecular formula is C24H24N2O4S. The minimum absolute atomic E-state index is 0.0374. The van der Waals surface area contributed by atoms with Crippen LogP contribution in [0.25, 0.3) is 0 Å². The Hall–Kier alpha value is -3.16. The van der Waals surface area contributed by atoms with Crippen LogP contribution in [0.3, 0.4) is 0 Å². The molecule has 0 aliphatic rings. The van der Waals surface area contributed by atoms with E-state index in [0.29, 0.717) is 19.8 Å². The van der Waals surface area contributed by atoms with Gasteiger partial charge < -0.3 is 10.1 Å². The second kappa shape index (κ2) is 11.3. The lowest BCUT2D eigenvalue weighted by Crippen LogP contribution is -2.30. The Labute approximate surface area is 185 Å². The van der Waals surface area contributed by atoms with Crippen LogP contribution in [0.1, 0.15) is 23.6 Å². The highest BCUT2D eigenvalue weighted by atomic mass is 32.2. The molecule has 0 fully saturated rings. The Balaban J connectivity index is 1.41. The third-order valence-corrected chi connectivity index (χ3v) is 5.71. The number of benzene rings is 3. The lowest BCUT2D eigenvalue weighted by molar-refractivity contribution is -0.384. The van der Waals surface area contributed by atoms with Gasteiger partial charge in [-0.2, -0.15) is 0 Å². The highest BCUT2D eigenvalue weighted by molar-refractivity contribution is 8.00. The number of nitro groups is 1. The van der Waals surface area contributed by atoms with Crippen molar-refractivity contribution in [2.75, 3.05) is 0 Å². The fourth-order valence-electron chi connectivity index (χ4n) is 2.85. The zero-order chi connectivity index (χ0) is 22.1. The lowest BCUT2D eigenvalue weighted by Gasteiger charge is -2.12. The van der Waals surface area contributed by atoms with Gasteiger partial charge in [0.2, 0.25) is 5.91 Å². The van der Waals surface area contributed by atoms with Gasteiger partial charge in [0, 0.05) is 23.6 Å². The number of nitro benzene ring substituents is 1. The van der Waals surface area contributed by atoms with Gasteiger partial charge in [-0.15, -0.1) is 11.8 Å². The van der Waals surface area contributed by atoms with Crippen LogP contribution in [0.15, 0.2) is 83.8 Å². The molecule has 0 aromatic heterocycles. The molecule has 0 saturated heterocycles. The first-order chi connectivity index (χ1) is 15.0. The van der Waals surface area contributed by atoms with Crippen LogP contribution in [0, 0.1) is 10.1 Å². The number of nitrogens with zero attached hydrogens (tertiary/aromatic N) is 1. The minimum atomic E-state index is -0.439. The number of ether oxygens (including phenoxy) is 1. The number of carbonyl (C=O) groups excluding carboxylic acids is 1. The predicted molar refractivity (Wildman–Crippen MR) is 122 cm³/mol. The number of hydrogen-bond donors (Lipinski definition) is 1. The molecule has 7 heteroatoms. The van der Waals surface area contributed by atoms with Crippen LogP contribution in [0.5, 0.6) is 0 Å². The van der Waals surface area contributed by atoms with E-state index in [1.807, 2.05) is 61.5 Å². The molecule has 0 aliphatic heterocycles. The van der Waals surface area contributed by atoms with Crippen molar-refractivity contribution in [3.8, 4) is 0 Å². The van der Waals surface area contributed by atoms with Crippen LogP contribution in [0.2, 0.25) is 0 Å². The van der Waals surface area contributed by atoms with E-state index in [1.165, 1.54) is 23.9 Å². The van der Waals surface area contributed by atoms with Crippen LogP contribution >= 0.6 is 11.8 Å². The highest BCUT2D eigenvalue weighted by Gasteiger charge is 2.15. The monoisotopic (exact) mass is 436 g/mol. The summed E-state index contributed by atoms with van der Waals surface area (Å²) in [6, 6.07) is 24.2. The number of non-ortho nitro benzene ring substituents is 1. The fourth-order valence-corrected chi connectivity index (χ4v) is 3.74. The average Bonchev–Trinajstić information content (AvgIpc) is 2.79. The van der Waals surface area contributed by atoms with E-state index in [2.05, 4.69) is 5.32 Å². The summed E-state index contributed by atoms with van der Waals surface area (Å²) in [5.74, 6) is -0.0846. The maximum atomic E-state index is 12.4. The van der Waals surface area contributed by atoms with Crippen molar-refractivity contribution in [2.45, 2.75) is 36.8 Å². The Bertz CT molecular complexity index is 992. The smallest absolute Gasteiger partial charge is 0.269 e. The summed E-state index contributed by atoms with van der Waals surface area (Å²) in [4.78, 5) is 23.5. The molecule has 1 amide bonds. The maximum Gasteiger partial charge on any atom is 0.269 e. The molecule has 1 atom stereocenters. The Morgan fingerprint density at radius 3 is 2.13 bits per heavy atom. The van der Waals surface area contributed by atoms with Crippen molar-refractivity contribution in [1.82, 2.24) is 5.32 Å². The normalized spacial score (nSPS) is 11.6. The number of hydrogen-bond acceptors (Lipinski definition) is 5. The second-order valence-corrected chi connectivity index (χ2v) is 8.44. The van der Waals surface area contributed by atoms with Gasteiger partial charge in [-0.3, -0.25) is 14.9 Å². The van der Waals surface area contributed by atoms with Gasteiger partial charge in [0.05, 0.1) is 23.4 Å². The quantitative estimate of drug-likeness (QED) is 0.271. The van der Waals surface area contributed by atoms with E-state index in [-0.39, 0.29) is 16.8 Å². The van der Waals surface area contributed by atoms with E-state index < -0.39 is 4.92 Å². The molecule has 0 bridgehead atoms. The van der Waals surface area contributed by atoms with E-state index in [0.717, 1.165) is 21.6 Å². The van der Waals surface area contributed by atoms with Crippen molar-refractivity contribution in [1.29, 1.82) is 0 Å². The summed E-state index contributed by atoms with van der Waals surface area (Å²) in [6.07, 6.45) is 0. The molecule has 0 heterocycles. The zero-order valence-electron chi connectivity index (χ0n) is 17.2. The Morgan fingerprint density at radius 2 is 1.52 bits per heavy atom. The van der Waals surface area contributed by atoms with Gasteiger partial charge in [-0.05, 0) is 35.7 Å². The van der Waals surface area contributed by atoms with Gasteiger partial charge in [0.15, 0.2) is 0 Å². The SMILES string of the molecule is CC(Sc1ccc([N+](=O)[O-])cc1)C(=O)NCc1ccc(COCc2ccccc2)cc1. The highest BCUT2D eigenvalue weighted by Crippen LogP contribution is 2.25. The molecule has 3 aromatic carbocycles. The Kier molecular flexibility index (Phi) is 8.20. The average molecular weight is 437 g/mol. The second-order valence-electron chi connectivity index (χ2n) is 7.02. The van der Waals surface area contributed by atoms with Crippen molar-refractivity contribution < 1.29 is 14.5 Å². The van der Waals surface area contributed by atoms with E-state index in [4.69, 9.17) is 4.74 Å². The first kappa shape index (κ1) is 22.5. The molecule has 1 N–H and O–H groups in total. The van der Waals surface area contributed by atoms with E-state index in [1.54, 1.807) is 12.1 Å². The lowest BCUT2D eigenvalue weighted by atomic mass is 10.1. The molecule has 0 saturated carbocycles. The molecule has 0 spiro atoms. The van der Waals surface area contributed by atoms with Gasteiger partial charge in [-0.25, -0.2) is 0 Å². The van der Waals surface area contributed by atoms with Crippen LogP contribution in [-0.2, 0) is 29.3 Å². The minimum Gasteiger partial charge on any atom is -0.372 e. The van der Waals surface area contributed by atoms with Crippen molar-refractivity contribution in [3.63, 3.8) is 0 Å². The summed E-state index contributed by atoms with van der Waals surface area (Å²) in [5, 5.41) is 13.3. The molecule has 3 aromatic rings. The van der Waals surface area contributed by atoms with Gasteiger partial charge >= 0.3 is 0 Å². The molecule has 3 rings (SSSR count). The Morgan fingerprint density at radius 1 is 0.935 bits per heavy atom. The number of nitrogens with one attached hydrogen (secondary N) is 1. The predicted octanol–water partition coefficient (Wildman–Crippen LogP) is 5.11. The van der Waals surface area contributed by atoms with Gasteiger partial charge in [-0.1, -0.05) is 54.6 Å². The summed E-state index contributed by atoms with van der Waals surface area (Å²) < 4.78 is 5.74. The first-order valence-electron chi connectivity index (χ1n) is 9.89. The van der Waals surface area contributed by atoms with Crippen molar-refractivity contribution in [2.24, 2.45) is 0 Å². The van der Waals surface area contributed by atoms with Crippen LogP contribution in [-0.4, -0.2) is 16.1 Å². The van der Waals surface area contributed by atoms with Crippen molar-refractivity contribution in [3.05, 3.63) is 106 Å². The molecular weight excluding hydrogens is 412 g/mol. The van der Waals surface area contributed by atoms with Crippen molar-refractivity contribution >= 4 is 23.4 Å². The number of thioether (sulfide) groups is 1. The zero-order valence-corrected chi connectivity index (χ0v) is 18.0. The first-order valence-corrected chi connectivity index (χ1v) is 10.8. The number of rotatable bonds is 10. The van der Waals surface area contributed by atoms with Crippen LogP contribution < -0.4 is 5.32 Å². The largest absolute Gasteiger partial charge is 0.372 e. The topological polar surface area (TPSA) is 81.5 Å². The molecule has 31 heavy (non-hydrogen) atoms. The van der Waals surface area contributed by atoms with Gasteiger partial charge in [0.1, 0.15) is 0 Å². The maximum absolute atomic E-state index is 12.4. The summed E-state index contributed by atoms with van der Waals surface area (Å²) >= 11 is 1.37. The standard InChI is InChI=1S/C24H24N2O4S/c1-18(31-23-13-11-22(12-14-23)26(28)29)24(27)25-15-19-7-9-21(10-8-19)17-30-16-20-5-3-2-4-6-20/h2-14,18H,15-17H2,1H3,(H,25,27). The van der Waals surface area contributed by atoms with Crippen LogP contribution in [0.4, 0.5) is 5.69 Å². The van der Waals surface area contributed by atoms with E-state index >= 15 is 0 Å². The third kappa shape index (κ3) is 7.24. The molecule has 1 unspecified atom stereocenters. The third-order valence-electron chi connectivity index (χ3n) is 4.60. The summed E-state index contributed by atoms with van der Waals surface area (Å²) in [7, 11) is 0.